The van der Waals surface area contributed by atoms with Crippen LogP contribution in [-0.2, 0) is 31.4 Å². The van der Waals surface area contributed by atoms with Crippen LogP contribution in [0.2, 0.25) is 0 Å². The van der Waals surface area contributed by atoms with Gasteiger partial charge < -0.3 is 10.2 Å². The largest absolute Gasteiger partial charge is 0.330 e. The highest BCUT2D eigenvalue weighted by atomic mass is 32.2. The molecular weight excluding hydrogens is 542 g/mol. The van der Waals surface area contributed by atoms with Crippen LogP contribution >= 0.6 is 11.3 Å². The second kappa shape index (κ2) is 11.8. The zero-order valence-electron chi connectivity index (χ0n) is 24.1. The number of rotatable bonds is 8. The molecule has 0 aliphatic carbocycles. The minimum Gasteiger partial charge on any atom is -0.330 e. The summed E-state index contributed by atoms with van der Waals surface area (Å²) >= 11 is 1.70. The molecule has 0 saturated heterocycles. The molecule has 0 spiro atoms. The van der Waals surface area contributed by atoms with Crippen molar-refractivity contribution in [2.24, 2.45) is 0 Å². The van der Waals surface area contributed by atoms with Crippen molar-refractivity contribution < 1.29 is 18.0 Å². The predicted molar refractivity (Wildman–Crippen MR) is 161 cm³/mol. The van der Waals surface area contributed by atoms with E-state index in [0.717, 1.165) is 17.5 Å². The quantitative estimate of drug-likeness (QED) is 0.355. The lowest BCUT2D eigenvalue weighted by molar-refractivity contribution is -0.133. The summed E-state index contributed by atoms with van der Waals surface area (Å²) in [5, 5.41) is 4.72. The lowest BCUT2D eigenvalue weighted by atomic mass is 9.85. The summed E-state index contributed by atoms with van der Waals surface area (Å²) < 4.78 is 28.9. The van der Waals surface area contributed by atoms with Crippen molar-refractivity contribution in [2.45, 2.75) is 76.8 Å². The van der Waals surface area contributed by atoms with Crippen molar-refractivity contribution in [3.63, 3.8) is 0 Å². The lowest BCUT2D eigenvalue weighted by Crippen LogP contribution is -2.49. The molecule has 2 aromatic carbocycles. The molecule has 1 aliphatic heterocycles. The van der Waals surface area contributed by atoms with Crippen LogP contribution in [0.25, 0.3) is 0 Å². The third-order valence-corrected chi connectivity index (χ3v) is 10.5. The molecule has 3 aromatic rings. The van der Waals surface area contributed by atoms with E-state index in [9.17, 15) is 18.0 Å². The van der Waals surface area contributed by atoms with Gasteiger partial charge >= 0.3 is 0 Å². The fraction of sp³-hybridized carbons (Fsp3) is 0.419. The number of hydrogen-bond acceptors (Lipinski definition) is 5. The first kappa shape index (κ1) is 30.0. The van der Waals surface area contributed by atoms with E-state index in [1.165, 1.54) is 33.8 Å². The van der Waals surface area contributed by atoms with Crippen LogP contribution in [0.15, 0.2) is 64.9 Å². The molecule has 2 heterocycles. The maximum Gasteiger partial charge on any atom is 0.243 e. The maximum atomic E-state index is 14.0. The highest BCUT2D eigenvalue weighted by Gasteiger charge is 2.37. The number of nitrogens with one attached hydrogen (secondary N) is 1. The lowest BCUT2D eigenvalue weighted by Gasteiger charge is -2.38. The number of carbonyl (C=O) groups excluding carboxylic acids is 2. The fourth-order valence-electron chi connectivity index (χ4n) is 5.06. The molecule has 7 nitrogen and oxygen atoms in total. The Morgan fingerprint density at radius 2 is 1.73 bits per heavy atom. The third-order valence-electron chi connectivity index (χ3n) is 7.53. The minimum atomic E-state index is -3.97. The molecule has 2 amide bonds. The predicted octanol–water partition coefficient (Wildman–Crippen LogP) is 5.97. The van der Waals surface area contributed by atoms with Gasteiger partial charge in [0.2, 0.25) is 21.8 Å². The Labute approximate surface area is 242 Å². The summed E-state index contributed by atoms with van der Waals surface area (Å²) in [6.07, 6.45) is 1.30. The molecule has 0 fully saturated rings. The third kappa shape index (κ3) is 6.32. The van der Waals surface area contributed by atoms with Gasteiger partial charge in [-0.25, -0.2) is 8.42 Å². The normalized spacial score (nSPS) is 16.5. The Morgan fingerprint density at radius 3 is 2.30 bits per heavy atom. The van der Waals surface area contributed by atoms with Gasteiger partial charge in [0.05, 0.1) is 17.5 Å². The van der Waals surface area contributed by atoms with Crippen LogP contribution < -0.4 is 5.32 Å². The van der Waals surface area contributed by atoms with Crippen LogP contribution in [0.4, 0.5) is 5.69 Å². The van der Waals surface area contributed by atoms with Gasteiger partial charge in [0.25, 0.3) is 0 Å². The van der Waals surface area contributed by atoms with Crippen LogP contribution in [0.3, 0.4) is 0 Å². The molecule has 0 radical (unpaired) electrons. The molecule has 214 valence electrons. The molecule has 9 heteroatoms. The van der Waals surface area contributed by atoms with Gasteiger partial charge in [-0.3, -0.25) is 9.59 Å². The average molecular weight is 582 g/mol. The van der Waals surface area contributed by atoms with E-state index in [4.69, 9.17) is 0 Å². The molecule has 4 rings (SSSR count). The van der Waals surface area contributed by atoms with Crippen LogP contribution in [0, 0.1) is 0 Å². The van der Waals surface area contributed by atoms with Gasteiger partial charge in [0, 0.05) is 30.1 Å². The summed E-state index contributed by atoms with van der Waals surface area (Å²) in [6, 6.07) is 15.9. The van der Waals surface area contributed by atoms with Gasteiger partial charge in [-0.05, 0) is 77.6 Å². The van der Waals surface area contributed by atoms with E-state index in [1.807, 2.05) is 18.7 Å². The van der Waals surface area contributed by atoms with E-state index in [1.54, 1.807) is 23.5 Å². The van der Waals surface area contributed by atoms with Crippen molar-refractivity contribution in [2.75, 3.05) is 18.4 Å². The van der Waals surface area contributed by atoms with Crippen molar-refractivity contribution in [1.82, 2.24) is 9.21 Å². The van der Waals surface area contributed by atoms with Crippen LogP contribution in [0.1, 0.15) is 75.6 Å². The SMILES string of the molecule is CCC(C)N(CC(=O)N1CCc2sccc2C1c1ccc(C(C)(C)C)cc1)S(=O)(=O)c1ccc(NC(C)=O)cc1. The average Bonchev–Trinajstić information content (AvgIpc) is 3.39. The standard InChI is InChI=1S/C31H39N3O4S2/c1-7-21(2)34(40(37,38)26-14-12-25(13-15-26)32-22(3)35)20-29(36)33-18-16-28-27(17-19-39-28)30(33)23-8-10-24(11-9-23)31(4,5)6/h8-15,17,19,21,30H,7,16,18,20H2,1-6H3,(H,32,35). The topological polar surface area (TPSA) is 86.8 Å². The zero-order chi connectivity index (χ0) is 29.2. The zero-order valence-corrected chi connectivity index (χ0v) is 25.7. The van der Waals surface area contributed by atoms with Crippen molar-refractivity contribution in [3.8, 4) is 0 Å². The number of anilines is 1. The number of amides is 2. The molecule has 1 aliphatic rings. The van der Waals surface area contributed by atoms with E-state index in [2.05, 4.69) is 61.8 Å². The summed E-state index contributed by atoms with van der Waals surface area (Å²) in [7, 11) is -3.97. The number of fused-ring (bicyclic) bond motifs is 1. The monoisotopic (exact) mass is 581 g/mol. The number of nitrogens with zero attached hydrogens (tertiary/aromatic N) is 2. The number of hydrogen-bond donors (Lipinski definition) is 1. The Morgan fingerprint density at radius 1 is 1.07 bits per heavy atom. The first-order valence-corrected chi connectivity index (χ1v) is 16.0. The maximum absolute atomic E-state index is 14.0. The summed E-state index contributed by atoms with van der Waals surface area (Å²) in [4.78, 5) is 28.6. The van der Waals surface area contributed by atoms with Crippen LogP contribution in [0.5, 0.6) is 0 Å². The molecule has 2 unspecified atom stereocenters. The smallest absolute Gasteiger partial charge is 0.243 e. The number of benzene rings is 2. The Bertz CT molecular complexity index is 1460. The summed E-state index contributed by atoms with van der Waals surface area (Å²) in [5.74, 6) is -0.458. The van der Waals surface area contributed by atoms with E-state index >= 15 is 0 Å². The first-order valence-electron chi connectivity index (χ1n) is 13.7. The summed E-state index contributed by atoms with van der Waals surface area (Å²) in [6.45, 7) is 11.9. The van der Waals surface area contributed by atoms with E-state index in [-0.39, 0.29) is 40.8 Å². The molecule has 40 heavy (non-hydrogen) atoms. The summed E-state index contributed by atoms with van der Waals surface area (Å²) in [5.41, 5.74) is 3.87. The van der Waals surface area contributed by atoms with Crippen molar-refractivity contribution in [3.05, 3.63) is 81.5 Å². The number of carbonyl (C=O) groups is 2. The highest BCUT2D eigenvalue weighted by molar-refractivity contribution is 7.89. The second-order valence-electron chi connectivity index (χ2n) is 11.4. The number of thiophene rings is 1. The van der Waals surface area contributed by atoms with Gasteiger partial charge in [0.15, 0.2) is 0 Å². The van der Waals surface area contributed by atoms with Crippen molar-refractivity contribution >= 4 is 38.9 Å². The van der Waals surface area contributed by atoms with E-state index < -0.39 is 10.0 Å². The van der Waals surface area contributed by atoms with E-state index in [0.29, 0.717) is 18.7 Å². The van der Waals surface area contributed by atoms with Crippen molar-refractivity contribution in [1.29, 1.82) is 0 Å². The molecule has 2 atom stereocenters. The molecule has 0 saturated carbocycles. The highest BCUT2D eigenvalue weighted by Crippen LogP contribution is 2.39. The molecule has 1 N–H and O–H groups in total. The van der Waals surface area contributed by atoms with Gasteiger partial charge in [-0.1, -0.05) is 52.0 Å². The number of sulfonamides is 1. The van der Waals surface area contributed by atoms with Gasteiger partial charge in [-0.2, -0.15) is 4.31 Å². The minimum absolute atomic E-state index is 0.0135. The second-order valence-corrected chi connectivity index (χ2v) is 14.3. The first-order chi connectivity index (χ1) is 18.8. The molecule has 0 bridgehead atoms. The Kier molecular flexibility index (Phi) is 8.87. The molecule has 1 aromatic heterocycles. The van der Waals surface area contributed by atoms with Gasteiger partial charge in [0.1, 0.15) is 0 Å². The Hall–Kier alpha value is -3.01. The molecular formula is C31H39N3O4S2. The fourth-order valence-corrected chi connectivity index (χ4v) is 7.62. The van der Waals surface area contributed by atoms with Crippen LogP contribution in [-0.4, -0.2) is 48.6 Å². The van der Waals surface area contributed by atoms with Gasteiger partial charge in [-0.15, -0.1) is 11.3 Å². The Balaban J connectivity index is 1.65.